The molecule has 0 saturated heterocycles. The Morgan fingerprint density at radius 2 is 1.28 bits per heavy atom. The van der Waals surface area contributed by atoms with Crippen molar-refractivity contribution in [2.45, 2.75) is 35.7 Å². The summed E-state index contributed by atoms with van der Waals surface area (Å²) in [5.41, 5.74) is 0. The van der Waals surface area contributed by atoms with Gasteiger partial charge in [-0.3, -0.25) is 8.37 Å². The maximum atomic E-state index is 12.1. The van der Waals surface area contributed by atoms with Crippen molar-refractivity contribution in [1.82, 2.24) is 0 Å². The summed E-state index contributed by atoms with van der Waals surface area (Å²) in [6.45, 7) is 1.57. The minimum Gasteiger partial charge on any atom is -0.266 e. The Bertz CT molecular complexity index is 862. The van der Waals surface area contributed by atoms with Crippen LogP contribution in [-0.4, -0.2) is 29.5 Å². The van der Waals surface area contributed by atoms with Gasteiger partial charge in [0.2, 0.25) is 0 Å². The summed E-state index contributed by atoms with van der Waals surface area (Å²) in [5.74, 6) is 0. The first-order valence-electron chi connectivity index (χ1n) is 7.74. The second kappa shape index (κ2) is 8.57. The first kappa shape index (κ1) is 19.6. The molecule has 2 rings (SSSR count). The molecule has 2 aromatic carbocycles. The quantitative estimate of drug-likeness (QED) is 0.488. The average Bonchev–Trinajstić information content (AvgIpc) is 2.60. The lowest BCUT2D eigenvalue weighted by Gasteiger charge is -2.13. The largest absolute Gasteiger partial charge is 0.297 e. The van der Waals surface area contributed by atoms with Crippen LogP contribution in [0.5, 0.6) is 0 Å². The van der Waals surface area contributed by atoms with Crippen LogP contribution in [0, 0.1) is 0 Å². The van der Waals surface area contributed by atoms with Gasteiger partial charge in [0.05, 0.1) is 22.5 Å². The van der Waals surface area contributed by atoms with Crippen LogP contribution in [-0.2, 0) is 28.6 Å². The first-order chi connectivity index (χ1) is 11.8. The SMILES string of the molecule is CC(CCCOS(=O)(=O)c1ccccc1)OS(=O)(=O)c1ccccc1. The van der Waals surface area contributed by atoms with E-state index in [4.69, 9.17) is 8.37 Å². The molecule has 1 unspecified atom stereocenters. The summed E-state index contributed by atoms with van der Waals surface area (Å²) >= 11 is 0. The zero-order valence-corrected chi connectivity index (χ0v) is 15.4. The predicted octanol–water partition coefficient (Wildman–Crippen LogP) is 2.97. The van der Waals surface area contributed by atoms with Crippen LogP contribution in [0.3, 0.4) is 0 Å². The van der Waals surface area contributed by atoms with Gasteiger partial charge in [-0.05, 0) is 44.0 Å². The first-order valence-corrected chi connectivity index (χ1v) is 10.6. The van der Waals surface area contributed by atoms with Gasteiger partial charge in [0.15, 0.2) is 0 Å². The van der Waals surface area contributed by atoms with E-state index in [0.29, 0.717) is 12.8 Å². The van der Waals surface area contributed by atoms with Crippen LogP contribution in [0.2, 0.25) is 0 Å². The van der Waals surface area contributed by atoms with E-state index in [0.717, 1.165) is 0 Å². The van der Waals surface area contributed by atoms with E-state index in [1.54, 1.807) is 43.3 Å². The minimum absolute atomic E-state index is 0.0453. The van der Waals surface area contributed by atoms with Gasteiger partial charge in [0.1, 0.15) is 0 Å². The van der Waals surface area contributed by atoms with E-state index < -0.39 is 26.3 Å². The van der Waals surface area contributed by atoms with Gasteiger partial charge in [-0.25, -0.2) is 0 Å². The highest BCUT2D eigenvalue weighted by atomic mass is 32.2. The van der Waals surface area contributed by atoms with Gasteiger partial charge in [0.25, 0.3) is 20.2 Å². The van der Waals surface area contributed by atoms with E-state index in [9.17, 15) is 16.8 Å². The Kier molecular flexibility index (Phi) is 6.71. The summed E-state index contributed by atoms with van der Waals surface area (Å²) in [4.78, 5) is 0.177. The molecular formula is C17H20O6S2. The van der Waals surface area contributed by atoms with Crippen molar-refractivity contribution in [3.8, 4) is 0 Å². The molecule has 1 atom stereocenters. The molecule has 0 radical (unpaired) electrons. The van der Waals surface area contributed by atoms with Gasteiger partial charge >= 0.3 is 0 Å². The molecule has 6 nitrogen and oxygen atoms in total. The molecule has 0 aliphatic heterocycles. The fourth-order valence-electron chi connectivity index (χ4n) is 2.10. The summed E-state index contributed by atoms with van der Waals surface area (Å²) in [5, 5.41) is 0. The van der Waals surface area contributed by atoms with Crippen LogP contribution in [0.15, 0.2) is 70.5 Å². The lowest BCUT2D eigenvalue weighted by molar-refractivity contribution is 0.201. The molecule has 0 aliphatic carbocycles. The smallest absolute Gasteiger partial charge is 0.266 e. The predicted molar refractivity (Wildman–Crippen MR) is 93.0 cm³/mol. The summed E-state index contributed by atoms with van der Waals surface area (Å²) in [6.07, 6.45) is 0.0988. The van der Waals surface area contributed by atoms with Gasteiger partial charge in [-0.1, -0.05) is 36.4 Å². The third kappa shape index (κ3) is 5.93. The van der Waals surface area contributed by atoms with Crippen molar-refractivity contribution >= 4 is 20.2 Å². The third-order valence-electron chi connectivity index (χ3n) is 3.35. The highest BCUT2D eigenvalue weighted by Gasteiger charge is 2.19. The molecular weight excluding hydrogens is 364 g/mol. The summed E-state index contributed by atoms with van der Waals surface area (Å²) < 4.78 is 58.1. The Labute approximate surface area is 148 Å². The molecule has 8 heteroatoms. The molecule has 0 aromatic heterocycles. The zero-order chi connectivity index (χ0) is 18.3. The van der Waals surface area contributed by atoms with Crippen LogP contribution in [0.25, 0.3) is 0 Å². The highest BCUT2D eigenvalue weighted by Crippen LogP contribution is 2.16. The van der Waals surface area contributed by atoms with Gasteiger partial charge in [-0.2, -0.15) is 16.8 Å². The Morgan fingerprint density at radius 1 is 0.800 bits per heavy atom. The fourth-order valence-corrected chi connectivity index (χ4v) is 4.20. The topological polar surface area (TPSA) is 86.7 Å². The standard InChI is InChI=1S/C17H20O6S2/c1-15(23-25(20,21)17-12-6-3-7-13-17)9-8-14-22-24(18,19)16-10-4-2-5-11-16/h2-7,10-13,15H,8-9,14H2,1H3. The molecule has 0 N–H and O–H groups in total. The van der Waals surface area contributed by atoms with Crippen LogP contribution >= 0.6 is 0 Å². The van der Waals surface area contributed by atoms with E-state index >= 15 is 0 Å². The lowest BCUT2D eigenvalue weighted by atomic mass is 10.2. The Hall–Kier alpha value is -1.74. The molecule has 0 heterocycles. The van der Waals surface area contributed by atoms with Crippen molar-refractivity contribution in [3.63, 3.8) is 0 Å². The molecule has 0 amide bonds. The van der Waals surface area contributed by atoms with Crippen molar-refractivity contribution in [2.24, 2.45) is 0 Å². The van der Waals surface area contributed by atoms with E-state index in [1.807, 2.05) is 0 Å². The maximum Gasteiger partial charge on any atom is 0.297 e. The van der Waals surface area contributed by atoms with Crippen LogP contribution in [0.1, 0.15) is 19.8 Å². The van der Waals surface area contributed by atoms with Crippen LogP contribution in [0.4, 0.5) is 0 Å². The minimum atomic E-state index is -3.83. The fraction of sp³-hybridized carbons (Fsp3) is 0.294. The summed E-state index contributed by atoms with van der Waals surface area (Å²) in [7, 11) is -7.62. The molecule has 0 fully saturated rings. The van der Waals surface area contributed by atoms with Gasteiger partial charge < -0.3 is 0 Å². The molecule has 0 saturated carbocycles. The molecule has 0 aliphatic rings. The number of hydrogen-bond acceptors (Lipinski definition) is 6. The third-order valence-corrected chi connectivity index (χ3v) is 6.11. The monoisotopic (exact) mass is 384 g/mol. The van der Waals surface area contributed by atoms with Crippen molar-refractivity contribution in [1.29, 1.82) is 0 Å². The number of benzene rings is 2. The number of rotatable bonds is 9. The van der Waals surface area contributed by atoms with Gasteiger partial charge in [-0.15, -0.1) is 0 Å². The highest BCUT2D eigenvalue weighted by molar-refractivity contribution is 7.87. The zero-order valence-electron chi connectivity index (χ0n) is 13.7. The van der Waals surface area contributed by atoms with E-state index in [1.165, 1.54) is 24.3 Å². The Balaban J connectivity index is 1.80. The Morgan fingerprint density at radius 3 is 1.80 bits per heavy atom. The van der Waals surface area contributed by atoms with E-state index in [-0.39, 0.29) is 16.4 Å². The van der Waals surface area contributed by atoms with Gasteiger partial charge in [0, 0.05) is 0 Å². The number of hydrogen-bond donors (Lipinski definition) is 0. The normalized spacial score (nSPS) is 13.5. The average molecular weight is 384 g/mol. The van der Waals surface area contributed by atoms with Crippen molar-refractivity contribution < 1.29 is 25.2 Å². The second-order valence-electron chi connectivity index (χ2n) is 5.41. The van der Waals surface area contributed by atoms with Crippen molar-refractivity contribution in [3.05, 3.63) is 60.7 Å². The molecule has 0 spiro atoms. The second-order valence-corrected chi connectivity index (χ2v) is 8.59. The molecule has 0 bridgehead atoms. The summed E-state index contributed by atoms with van der Waals surface area (Å²) in [6, 6.07) is 15.7. The van der Waals surface area contributed by atoms with Crippen molar-refractivity contribution in [2.75, 3.05) is 6.61 Å². The molecule has 136 valence electrons. The maximum absolute atomic E-state index is 12.1. The van der Waals surface area contributed by atoms with E-state index in [2.05, 4.69) is 0 Å². The van der Waals surface area contributed by atoms with Crippen LogP contribution < -0.4 is 0 Å². The lowest BCUT2D eigenvalue weighted by Crippen LogP contribution is -2.16. The molecule has 2 aromatic rings. The molecule has 25 heavy (non-hydrogen) atoms.